The first-order chi connectivity index (χ1) is 8.28. The maximum Gasteiger partial charge on any atom is 0.198 e. The fraction of sp³-hybridized carbons (Fsp3) is 0.308. The van der Waals surface area contributed by atoms with E-state index in [0.717, 1.165) is 24.2 Å². The molecule has 0 fully saturated rings. The Bertz CT molecular complexity index is 480. The van der Waals surface area contributed by atoms with Gasteiger partial charge < -0.3 is 15.3 Å². The van der Waals surface area contributed by atoms with Gasteiger partial charge in [0.15, 0.2) is 5.89 Å². The number of hydrogen-bond donors (Lipinski definition) is 2. The number of aromatic hydroxyl groups is 1. The van der Waals surface area contributed by atoms with Crippen LogP contribution in [0.4, 0.5) is 0 Å². The second kappa shape index (κ2) is 5.50. The first-order valence-electron chi connectivity index (χ1n) is 5.69. The predicted molar refractivity (Wildman–Crippen MR) is 64.8 cm³/mol. The quantitative estimate of drug-likeness (QED) is 0.825. The average Bonchev–Trinajstić information content (AvgIpc) is 2.74. The molecule has 0 radical (unpaired) electrons. The van der Waals surface area contributed by atoms with Crippen molar-refractivity contribution in [3.8, 4) is 5.75 Å². The topological polar surface area (TPSA) is 72.3 Å². The van der Waals surface area contributed by atoms with Crippen LogP contribution in [-0.4, -0.2) is 16.6 Å². The molecule has 0 saturated heterocycles. The molecule has 17 heavy (non-hydrogen) atoms. The van der Waals surface area contributed by atoms with Crippen molar-refractivity contribution in [1.82, 2.24) is 4.98 Å². The maximum absolute atomic E-state index is 9.35. The van der Waals surface area contributed by atoms with Crippen molar-refractivity contribution in [3.63, 3.8) is 0 Å². The molecule has 1 aromatic heterocycles. The van der Waals surface area contributed by atoms with Gasteiger partial charge in [0.2, 0.25) is 0 Å². The minimum Gasteiger partial charge on any atom is -0.508 e. The molecular formula is C13H16N2O2. The number of aromatic nitrogens is 1. The number of nitrogens with two attached hydrogens (primary N) is 1. The van der Waals surface area contributed by atoms with Gasteiger partial charge in [-0.1, -0.05) is 12.1 Å². The van der Waals surface area contributed by atoms with E-state index < -0.39 is 0 Å². The van der Waals surface area contributed by atoms with Gasteiger partial charge in [-0.3, -0.25) is 0 Å². The molecule has 1 heterocycles. The van der Waals surface area contributed by atoms with Crippen LogP contribution >= 0.6 is 0 Å². The summed E-state index contributed by atoms with van der Waals surface area (Å²) in [6.07, 6.45) is 4.06. The number of oxazole rings is 1. The van der Waals surface area contributed by atoms with Crippen LogP contribution in [0.5, 0.6) is 5.75 Å². The normalized spacial score (nSPS) is 10.6. The standard InChI is InChI=1S/C13H16N2O2/c14-6-2-5-12-9-15-13(17-12)8-10-3-1-4-11(16)7-10/h1,3-4,7,9,16H,2,5-6,8,14H2. The third-order valence-electron chi connectivity index (χ3n) is 2.49. The molecule has 90 valence electrons. The predicted octanol–water partition coefficient (Wildman–Crippen LogP) is 1.86. The van der Waals surface area contributed by atoms with E-state index in [-0.39, 0.29) is 5.75 Å². The van der Waals surface area contributed by atoms with Crippen molar-refractivity contribution in [2.45, 2.75) is 19.3 Å². The van der Waals surface area contributed by atoms with E-state index in [1.54, 1.807) is 18.3 Å². The van der Waals surface area contributed by atoms with Crippen molar-refractivity contribution in [2.24, 2.45) is 5.73 Å². The molecule has 2 rings (SSSR count). The Morgan fingerprint density at radius 3 is 3.00 bits per heavy atom. The minimum atomic E-state index is 0.261. The van der Waals surface area contributed by atoms with Crippen molar-refractivity contribution in [2.75, 3.05) is 6.54 Å². The fourth-order valence-electron chi connectivity index (χ4n) is 1.66. The SMILES string of the molecule is NCCCc1cnc(Cc2cccc(O)c2)o1. The molecule has 2 aromatic rings. The lowest BCUT2D eigenvalue weighted by atomic mass is 10.1. The van der Waals surface area contributed by atoms with Gasteiger partial charge in [-0.15, -0.1) is 0 Å². The Morgan fingerprint density at radius 1 is 1.35 bits per heavy atom. The third-order valence-corrected chi connectivity index (χ3v) is 2.49. The van der Waals surface area contributed by atoms with Gasteiger partial charge in [0, 0.05) is 12.8 Å². The summed E-state index contributed by atoms with van der Waals surface area (Å²) in [7, 11) is 0. The molecule has 1 aromatic carbocycles. The number of hydrogen-bond acceptors (Lipinski definition) is 4. The number of benzene rings is 1. The number of nitrogens with zero attached hydrogens (tertiary/aromatic N) is 1. The van der Waals surface area contributed by atoms with E-state index in [1.165, 1.54) is 0 Å². The van der Waals surface area contributed by atoms with Crippen LogP contribution in [0, 0.1) is 0 Å². The summed E-state index contributed by atoms with van der Waals surface area (Å²) < 4.78 is 5.58. The average molecular weight is 232 g/mol. The van der Waals surface area contributed by atoms with Crippen LogP contribution in [-0.2, 0) is 12.8 Å². The molecule has 4 nitrogen and oxygen atoms in total. The van der Waals surface area contributed by atoms with Crippen LogP contribution in [0.15, 0.2) is 34.9 Å². The van der Waals surface area contributed by atoms with E-state index in [0.29, 0.717) is 18.9 Å². The van der Waals surface area contributed by atoms with Gasteiger partial charge in [0.25, 0.3) is 0 Å². The lowest BCUT2D eigenvalue weighted by molar-refractivity contribution is 0.458. The summed E-state index contributed by atoms with van der Waals surface area (Å²) in [5, 5.41) is 9.35. The molecule has 4 heteroatoms. The molecule has 0 amide bonds. The summed E-state index contributed by atoms with van der Waals surface area (Å²) in [4.78, 5) is 4.20. The highest BCUT2D eigenvalue weighted by molar-refractivity contribution is 5.28. The molecule has 3 N–H and O–H groups in total. The Labute approximate surface area is 100 Å². The number of phenols is 1. The summed E-state index contributed by atoms with van der Waals surface area (Å²) in [6, 6.07) is 7.10. The highest BCUT2D eigenvalue weighted by atomic mass is 16.4. The Balaban J connectivity index is 2.01. The summed E-state index contributed by atoms with van der Waals surface area (Å²) in [5.41, 5.74) is 6.42. The lowest BCUT2D eigenvalue weighted by Crippen LogP contribution is -1.99. The van der Waals surface area contributed by atoms with Crippen molar-refractivity contribution in [1.29, 1.82) is 0 Å². The molecule has 0 spiro atoms. The van der Waals surface area contributed by atoms with Crippen molar-refractivity contribution in [3.05, 3.63) is 47.7 Å². The molecule has 0 atom stereocenters. The zero-order valence-electron chi connectivity index (χ0n) is 9.60. The Morgan fingerprint density at radius 2 is 2.24 bits per heavy atom. The number of phenolic OH excluding ortho intramolecular Hbond substituents is 1. The van der Waals surface area contributed by atoms with Crippen LogP contribution < -0.4 is 5.73 Å². The molecular weight excluding hydrogens is 216 g/mol. The largest absolute Gasteiger partial charge is 0.508 e. The summed E-state index contributed by atoms with van der Waals surface area (Å²) in [6.45, 7) is 0.655. The first-order valence-corrected chi connectivity index (χ1v) is 5.69. The fourth-order valence-corrected chi connectivity index (χ4v) is 1.66. The second-order valence-electron chi connectivity index (χ2n) is 3.96. The number of aryl methyl sites for hydroxylation is 1. The van der Waals surface area contributed by atoms with Crippen molar-refractivity contribution < 1.29 is 9.52 Å². The van der Waals surface area contributed by atoms with Crippen LogP contribution in [0.1, 0.15) is 23.6 Å². The minimum absolute atomic E-state index is 0.261. The molecule has 0 aliphatic carbocycles. The van der Waals surface area contributed by atoms with E-state index in [9.17, 15) is 5.11 Å². The Kier molecular flexibility index (Phi) is 3.77. The van der Waals surface area contributed by atoms with Crippen LogP contribution in [0.25, 0.3) is 0 Å². The van der Waals surface area contributed by atoms with Gasteiger partial charge in [-0.2, -0.15) is 0 Å². The first kappa shape index (κ1) is 11.7. The van der Waals surface area contributed by atoms with Gasteiger partial charge in [-0.05, 0) is 30.7 Å². The van der Waals surface area contributed by atoms with E-state index in [4.69, 9.17) is 10.2 Å². The third kappa shape index (κ3) is 3.32. The zero-order valence-corrected chi connectivity index (χ0v) is 9.60. The molecule has 0 aliphatic rings. The van der Waals surface area contributed by atoms with E-state index in [2.05, 4.69) is 4.98 Å². The maximum atomic E-state index is 9.35. The highest BCUT2D eigenvalue weighted by Gasteiger charge is 2.05. The van der Waals surface area contributed by atoms with Crippen LogP contribution in [0.3, 0.4) is 0 Å². The highest BCUT2D eigenvalue weighted by Crippen LogP contribution is 2.15. The molecule has 0 saturated carbocycles. The van der Waals surface area contributed by atoms with Crippen molar-refractivity contribution >= 4 is 0 Å². The van der Waals surface area contributed by atoms with E-state index >= 15 is 0 Å². The molecule has 0 aliphatic heterocycles. The smallest absolute Gasteiger partial charge is 0.198 e. The van der Waals surface area contributed by atoms with Gasteiger partial charge >= 0.3 is 0 Å². The summed E-state index contributed by atoms with van der Waals surface area (Å²) in [5.74, 6) is 1.80. The molecule has 0 unspecified atom stereocenters. The number of rotatable bonds is 5. The second-order valence-corrected chi connectivity index (χ2v) is 3.96. The van der Waals surface area contributed by atoms with Gasteiger partial charge in [0.1, 0.15) is 11.5 Å². The van der Waals surface area contributed by atoms with Gasteiger partial charge in [0.05, 0.1) is 6.20 Å². The van der Waals surface area contributed by atoms with Gasteiger partial charge in [-0.25, -0.2) is 4.98 Å². The molecule has 0 bridgehead atoms. The zero-order chi connectivity index (χ0) is 12.1. The monoisotopic (exact) mass is 232 g/mol. The lowest BCUT2D eigenvalue weighted by Gasteiger charge is -1.98. The van der Waals surface area contributed by atoms with E-state index in [1.807, 2.05) is 12.1 Å². The Hall–Kier alpha value is -1.81. The van der Waals surface area contributed by atoms with Crippen LogP contribution in [0.2, 0.25) is 0 Å². The summed E-state index contributed by atoms with van der Waals surface area (Å²) >= 11 is 0.